The van der Waals surface area contributed by atoms with Gasteiger partial charge in [0.1, 0.15) is 5.76 Å². The van der Waals surface area contributed by atoms with Crippen LogP contribution in [-0.2, 0) is 11.2 Å². The molecule has 0 aliphatic rings. The van der Waals surface area contributed by atoms with Crippen molar-refractivity contribution in [2.75, 3.05) is 0 Å². The number of para-hydroxylation sites is 1. The predicted molar refractivity (Wildman–Crippen MR) is 107 cm³/mol. The lowest BCUT2D eigenvalue weighted by Crippen LogP contribution is -2.20. The number of benzene rings is 2. The van der Waals surface area contributed by atoms with E-state index in [4.69, 9.17) is 16.0 Å². The Hall–Kier alpha value is -3.10. The highest BCUT2D eigenvalue weighted by Gasteiger charge is 2.15. The molecule has 0 spiro atoms. The van der Waals surface area contributed by atoms with E-state index < -0.39 is 10.8 Å². The van der Waals surface area contributed by atoms with Crippen molar-refractivity contribution in [3.63, 3.8) is 0 Å². The van der Waals surface area contributed by atoms with Crippen molar-refractivity contribution >= 4 is 41.2 Å². The number of amides is 1. The van der Waals surface area contributed by atoms with E-state index in [0.717, 1.165) is 4.90 Å². The molecule has 3 rings (SSSR count). The van der Waals surface area contributed by atoms with Gasteiger partial charge in [-0.25, -0.2) is 5.43 Å². The summed E-state index contributed by atoms with van der Waals surface area (Å²) in [4.78, 5) is 23.4. The Labute approximate surface area is 169 Å². The number of nitrogens with one attached hydrogen (secondary N) is 1. The van der Waals surface area contributed by atoms with Crippen LogP contribution in [0.1, 0.15) is 11.3 Å². The summed E-state index contributed by atoms with van der Waals surface area (Å²) in [5.74, 6) is -0.00433. The summed E-state index contributed by atoms with van der Waals surface area (Å²) in [6, 6.07) is 16.9. The summed E-state index contributed by atoms with van der Waals surface area (Å²) in [6.07, 6.45) is 1.22. The van der Waals surface area contributed by atoms with Gasteiger partial charge in [0, 0.05) is 21.5 Å². The van der Waals surface area contributed by atoms with E-state index in [0.29, 0.717) is 21.4 Å². The number of halogens is 1. The van der Waals surface area contributed by atoms with E-state index in [9.17, 15) is 14.9 Å². The molecule has 0 saturated heterocycles. The molecule has 2 aromatic carbocycles. The summed E-state index contributed by atoms with van der Waals surface area (Å²) in [6.45, 7) is 0. The third-order valence-electron chi connectivity index (χ3n) is 3.55. The average molecular weight is 416 g/mol. The van der Waals surface area contributed by atoms with E-state index in [-0.39, 0.29) is 12.1 Å². The first-order valence-corrected chi connectivity index (χ1v) is 9.28. The van der Waals surface area contributed by atoms with Crippen molar-refractivity contribution in [3.8, 4) is 0 Å². The van der Waals surface area contributed by atoms with Crippen LogP contribution in [0.3, 0.4) is 0 Å². The van der Waals surface area contributed by atoms with Crippen LogP contribution in [0.25, 0.3) is 0 Å². The number of nitro benzene ring substituents is 1. The van der Waals surface area contributed by atoms with Crippen molar-refractivity contribution in [3.05, 3.63) is 87.1 Å². The van der Waals surface area contributed by atoms with Crippen LogP contribution in [0.2, 0.25) is 5.02 Å². The van der Waals surface area contributed by atoms with Crippen molar-refractivity contribution in [1.82, 2.24) is 5.43 Å². The molecule has 28 heavy (non-hydrogen) atoms. The Balaban J connectivity index is 1.55. The molecule has 0 bridgehead atoms. The van der Waals surface area contributed by atoms with E-state index in [1.165, 1.54) is 30.1 Å². The fourth-order valence-electron chi connectivity index (χ4n) is 2.30. The topological polar surface area (TPSA) is 97.7 Å². The molecule has 1 heterocycles. The Kier molecular flexibility index (Phi) is 6.46. The second-order valence-corrected chi connectivity index (χ2v) is 7.08. The minimum atomic E-state index is -0.519. The normalized spacial score (nSPS) is 10.9. The maximum absolute atomic E-state index is 12.0. The number of nitro groups is 1. The van der Waals surface area contributed by atoms with Crippen molar-refractivity contribution in [2.24, 2.45) is 5.10 Å². The minimum Gasteiger partial charge on any atom is -0.448 e. The Morgan fingerprint density at radius 2 is 1.93 bits per heavy atom. The molecule has 0 fully saturated rings. The molecule has 1 N–H and O–H groups in total. The monoisotopic (exact) mass is 415 g/mol. The van der Waals surface area contributed by atoms with Gasteiger partial charge in [0.25, 0.3) is 5.69 Å². The zero-order valence-corrected chi connectivity index (χ0v) is 15.9. The number of carbonyl (C=O) groups excluding carboxylic acids is 1. The lowest BCUT2D eigenvalue weighted by atomic mass is 10.1. The Morgan fingerprint density at radius 1 is 1.18 bits per heavy atom. The predicted octanol–water partition coefficient (Wildman–Crippen LogP) is 4.69. The van der Waals surface area contributed by atoms with Gasteiger partial charge in [0.15, 0.2) is 5.09 Å². The second-order valence-electron chi connectivity index (χ2n) is 5.57. The molecule has 0 aliphatic heterocycles. The average Bonchev–Trinajstić information content (AvgIpc) is 3.11. The van der Waals surface area contributed by atoms with Crippen molar-refractivity contribution < 1.29 is 14.1 Å². The molecule has 9 heteroatoms. The van der Waals surface area contributed by atoms with Gasteiger partial charge in [-0.15, -0.1) is 0 Å². The fraction of sp³-hybridized carbons (Fsp3) is 0.0526. The molecular weight excluding hydrogens is 402 g/mol. The summed E-state index contributed by atoms with van der Waals surface area (Å²) in [5.41, 5.74) is 2.56. The number of furan rings is 1. The zero-order valence-electron chi connectivity index (χ0n) is 14.4. The van der Waals surface area contributed by atoms with E-state index >= 15 is 0 Å². The lowest BCUT2D eigenvalue weighted by molar-refractivity contribution is -0.385. The Bertz CT molecular complexity index is 1020. The summed E-state index contributed by atoms with van der Waals surface area (Å²) >= 11 is 7.28. The number of hydrogen-bond donors (Lipinski definition) is 1. The van der Waals surface area contributed by atoms with Gasteiger partial charge < -0.3 is 4.42 Å². The number of hydrogen-bond acceptors (Lipinski definition) is 6. The van der Waals surface area contributed by atoms with Gasteiger partial charge in [0.2, 0.25) is 5.91 Å². The van der Waals surface area contributed by atoms with Crippen LogP contribution in [-0.4, -0.2) is 17.0 Å². The standard InChI is InChI=1S/C19H14ClN3O4S/c20-14-5-8-16(9-6-14)28-19-10-7-15(27-19)12-21-22-18(24)11-13-3-1-2-4-17(13)23(25)26/h1-10,12H,11H2,(H,22,24). The van der Waals surface area contributed by atoms with E-state index in [1.54, 1.807) is 36.4 Å². The summed E-state index contributed by atoms with van der Waals surface area (Å²) < 4.78 is 5.61. The third kappa shape index (κ3) is 5.45. The molecular formula is C19H14ClN3O4S. The molecule has 0 radical (unpaired) electrons. The zero-order chi connectivity index (χ0) is 19.9. The highest BCUT2D eigenvalue weighted by Crippen LogP contribution is 2.29. The molecule has 0 aliphatic carbocycles. The Morgan fingerprint density at radius 3 is 2.68 bits per heavy atom. The van der Waals surface area contributed by atoms with Crippen LogP contribution in [0, 0.1) is 10.1 Å². The fourth-order valence-corrected chi connectivity index (χ4v) is 3.20. The lowest BCUT2D eigenvalue weighted by Gasteiger charge is -2.01. The van der Waals surface area contributed by atoms with Gasteiger partial charge in [-0.2, -0.15) is 5.10 Å². The highest BCUT2D eigenvalue weighted by molar-refractivity contribution is 7.99. The second kappa shape index (κ2) is 9.20. The van der Waals surface area contributed by atoms with Crippen molar-refractivity contribution in [2.45, 2.75) is 16.4 Å². The van der Waals surface area contributed by atoms with Crippen LogP contribution in [0.15, 0.2) is 80.2 Å². The maximum atomic E-state index is 12.0. The quantitative estimate of drug-likeness (QED) is 0.343. The van der Waals surface area contributed by atoms with Crippen molar-refractivity contribution in [1.29, 1.82) is 0 Å². The molecule has 142 valence electrons. The van der Waals surface area contributed by atoms with Crippen LogP contribution < -0.4 is 5.43 Å². The van der Waals surface area contributed by atoms with E-state index in [2.05, 4.69) is 10.5 Å². The number of rotatable bonds is 7. The van der Waals surface area contributed by atoms with Crippen LogP contribution >= 0.6 is 23.4 Å². The highest BCUT2D eigenvalue weighted by atomic mass is 35.5. The molecule has 0 atom stereocenters. The summed E-state index contributed by atoms with van der Waals surface area (Å²) in [5, 5.41) is 16.1. The van der Waals surface area contributed by atoms with Gasteiger partial charge in [-0.05, 0) is 36.4 Å². The first kappa shape index (κ1) is 19.7. The van der Waals surface area contributed by atoms with Gasteiger partial charge >= 0.3 is 0 Å². The van der Waals surface area contributed by atoms with Crippen LogP contribution in [0.5, 0.6) is 0 Å². The largest absolute Gasteiger partial charge is 0.448 e. The maximum Gasteiger partial charge on any atom is 0.273 e. The van der Waals surface area contributed by atoms with Gasteiger partial charge in [0.05, 0.1) is 17.6 Å². The first-order valence-electron chi connectivity index (χ1n) is 8.09. The molecule has 3 aromatic rings. The molecule has 1 aromatic heterocycles. The van der Waals surface area contributed by atoms with E-state index in [1.807, 2.05) is 12.1 Å². The minimum absolute atomic E-state index is 0.100. The number of carbonyl (C=O) groups is 1. The molecule has 7 nitrogen and oxygen atoms in total. The van der Waals surface area contributed by atoms with Crippen LogP contribution in [0.4, 0.5) is 5.69 Å². The molecule has 0 saturated carbocycles. The first-order chi connectivity index (χ1) is 13.5. The third-order valence-corrected chi connectivity index (χ3v) is 4.74. The van der Waals surface area contributed by atoms with Gasteiger partial charge in [-0.3, -0.25) is 14.9 Å². The summed E-state index contributed by atoms with van der Waals surface area (Å²) in [7, 11) is 0. The SMILES string of the molecule is O=C(Cc1ccccc1[N+](=O)[O-])NN=Cc1ccc(Sc2ccc(Cl)cc2)o1. The number of nitrogens with zero attached hydrogens (tertiary/aromatic N) is 2. The molecule has 1 amide bonds. The smallest absolute Gasteiger partial charge is 0.273 e. The molecule has 0 unspecified atom stereocenters. The number of hydrazone groups is 1. The van der Waals surface area contributed by atoms with Gasteiger partial charge in [-0.1, -0.05) is 41.6 Å².